The van der Waals surface area contributed by atoms with Crippen molar-refractivity contribution in [2.24, 2.45) is 0 Å². The number of allylic oxidation sites excluding steroid dienone is 4. The first-order valence-electron chi connectivity index (χ1n) is 16.4. The second kappa shape index (κ2) is 13.3. The number of nitrogen functional groups attached to an aromatic ring is 1. The fourth-order valence-corrected chi connectivity index (χ4v) is 6.72. The first kappa shape index (κ1) is 30.5. The van der Waals surface area contributed by atoms with Gasteiger partial charge in [-0.2, -0.15) is 0 Å². The maximum Gasteiger partial charge on any atom is 0.0688 e. The van der Waals surface area contributed by atoms with Crippen LogP contribution < -0.4 is 10.6 Å². The number of hydrogen-bond acceptors (Lipinski definition) is 2. The van der Waals surface area contributed by atoms with Crippen molar-refractivity contribution >= 4 is 38.6 Å². The number of hydrogen-bond donors (Lipinski definition) is 1. The van der Waals surface area contributed by atoms with Gasteiger partial charge >= 0.3 is 0 Å². The zero-order chi connectivity index (χ0) is 33.0. The van der Waals surface area contributed by atoms with E-state index in [2.05, 4.69) is 158 Å². The van der Waals surface area contributed by atoms with Gasteiger partial charge < -0.3 is 10.6 Å². The highest BCUT2D eigenvalue weighted by Gasteiger charge is 2.20. The van der Waals surface area contributed by atoms with Crippen molar-refractivity contribution in [3.63, 3.8) is 0 Å². The largest absolute Gasteiger partial charge is 0.397 e. The Morgan fingerprint density at radius 1 is 0.562 bits per heavy atom. The van der Waals surface area contributed by atoms with E-state index in [1.165, 1.54) is 54.9 Å². The minimum atomic E-state index is 0.699. The number of benzene rings is 7. The number of para-hydroxylation sites is 2. The predicted molar refractivity (Wildman–Crippen MR) is 209 cm³/mol. The zero-order valence-electron chi connectivity index (χ0n) is 27.4. The molecule has 2 N–H and O–H groups in total. The Morgan fingerprint density at radius 3 is 1.71 bits per heavy atom. The average Bonchev–Trinajstić information content (AvgIpc) is 3.14. The summed E-state index contributed by atoms with van der Waals surface area (Å²) in [5.41, 5.74) is 18.3. The predicted octanol–water partition coefficient (Wildman–Crippen LogP) is 12.5. The SMILES string of the molecule is C=C(c1ccc2c(-c3ccc(-c4ccccc4)cc3)c3ccccc3c(-c3ccccc3)c2c1)N(/C(C)=C/C=C\C)c1ccccc1N. The molecule has 0 unspecified atom stereocenters. The average molecular weight is 619 g/mol. The van der Waals surface area contributed by atoms with Gasteiger partial charge in [-0.05, 0) is 98.6 Å². The van der Waals surface area contributed by atoms with Crippen LogP contribution in [0.15, 0.2) is 182 Å². The molecule has 0 amide bonds. The van der Waals surface area contributed by atoms with E-state index in [-0.39, 0.29) is 0 Å². The maximum absolute atomic E-state index is 6.56. The summed E-state index contributed by atoms with van der Waals surface area (Å²) in [4.78, 5) is 2.16. The number of anilines is 2. The Kier molecular flexibility index (Phi) is 8.47. The van der Waals surface area contributed by atoms with E-state index in [9.17, 15) is 0 Å². The fourth-order valence-electron chi connectivity index (χ4n) is 6.72. The van der Waals surface area contributed by atoms with Crippen molar-refractivity contribution in [3.8, 4) is 33.4 Å². The van der Waals surface area contributed by atoms with E-state index in [1.807, 2.05) is 37.3 Å². The lowest BCUT2D eigenvalue weighted by Crippen LogP contribution is -2.20. The van der Waals surface area contributed by atoms with Crippen molar-refractivity contribution in [1.29, 1.82) is 0 Å². The van der Waals surface area contributed by atoms with Crippen molar-refractivity contribution in [3.05, 3.63) is 188 Å². The molecule has 7 aromatic carbocycles. The molecule has 0 atom stereocenters. The van der Waals surface area contributed by atoms with Crippen LogP contribution in [0.2, 0.25) is 0 Å². The maximum atomic E-state index is 6.56. The van der Waals surface area contributed by atoms with Gasteiger partial charge in [0.1, 0.15) is 0 Å². The van der Waals surface area contributed by atoms with E-state index in [0.29, 0.717) is 5.69 Å². The lowest BCUT2D eigenvalue weighted by molar-refractivity contribution is 1.17. The van der Waals surface area contributed by atoms with Crippen molar-refractivity contribution in [2.75, 3.05) is 10.6 Å². The smallest absolute Gasteiger partial charge is 0.0688 e. The molecular formula is C46H38N2. The summed E-state index contributed by atoms with van der Waals surface area (Å²) in [6.45, 7) is 8.78. The minimum absolute atomic E-state index is 0.699. The summed E-state index contributed by atoms with van der Waals surface area (Å²) in [6.07, 6.45) is 6.17. The molecule has 0 saturated carbocycles. The second-order valence-electron chi connectivity index (χ2n) is 12.0. The molecule has 2 nitrogen and oxygen atoms in total. The van der Waals surface area contributed by atoms with Crippen molar-refractivity contribution in [1.82, 2.24) is 0 Å². The molecule has 232 valence electrons. The topological polar surface area (TPSA) is 29.3 Å². The van der Waals surface area contributed by atoms with Gasteiger partial charge in [-0.15, -0.1) is 0 Å². The van der Waals surface area contributed by atoms with Gasteiger partial charge in [-0.3, -0.25) is 0 Å². The van der Waals surface area contributed by atoms with Crippen LogP contribution in [0.4, 0.5) is 11.4 Å². The summed E-state index contributed by atoms with van der Waals surface area (Å²) >= 11 is 0. The number of fused-ring (bicyclic) bond motifs is 2. The lowest BCUT2D eigenvalue weighted by Gasteiger charge is -2.29. The van der Waals surface area contributed by atoms with Gasteiger partial charge in [0, 0.05) is 11.4 Å². The summed E-state index contributed by atoms with van der Waals surface area (Å²) in [6, 6.07) is 53.8. The van der Waals surface area contributed by atoms with Crippen LogP contribution in [0.5, 0.6) is 0 Å². The molecule has 0 spiro atoms. The molecule has 48 heavy (non-hydrogen) atoms. The Labute approximate surface area is 283 Å². The molecule has 2 heteroatoms. The standard InChI is InChI=1S/C46H38N2/c1-4-5-16-32(2)48(44-24-15-14-23-43(44)47)33(3)38-29-30-41-42(31-38)46(36-19-10-7-11-20-36)40-22-13-12-21-39(40)45(41)37-27-25-35(26-28-37)34-17-8-6-9-18-34/h4-31H,3,47H2,1-2H3/b5-4-,32-16+. The first-order valence-corrected chi connectivity index (χ1v) is 16.4. The van der Waals surface area contributed by atoms with Crippen molar-refractivity contribution in [2.45, 2.75) is 13.8 Å². The fraction of sp³-hybridized carbons (Fsp3) is 0.0435. The minimum Gasteiger partial charge on any atom is -0.397 e. The first-order chi connectivity index (χ1) is 23.5. The van der Waals surface area contributed by atoms with Gasteiger partial charge in [0.25, 0.3) is 0 Å². The van der Waals surface area contributed by atoms with Crippen LogP contribution >= 0.6 is 0 Å². The lowest BCUT2D eigenvalue weighted by atomic mass is 9.85. The molecule has 7 aromatic rings. The van der Waals surface area contributed by atoms with Gasteiger partial charge in [-0.1, -0.05) is 152 Å². The number of nitrogens with zero attached hydrogens (tertiary/aromatic N) is 1. The molecule has 0 aliphatic heterocycles. The summed E-state index contributed by atoms with van der Waals surface area (Å²) in [5, 5.41) is 4.82. The highest BCUT2D eigenvalue weighted by Crippen LogP contribution is 2.45. The van der Waals surface area contributed by atoms with Gasteiger partial charge in [-0.25, -0.2) is 0 Å². The van der Waals surface area contributed by atoms with Gasteiger partial charge in [0.05, 0.1) is 11.4 Å². The quantitative estimate of drug-likeness (QED) is 0.104. The van der Waals surface area contributed by atoms with Crippen LogP contribution in [-0.4, -0.2) is 0 Å². The highest BCUT2D eigenvalue weighted by molar-refractivity contribution is 6.21. The molecule has 0 radical (unpaired) electrons. The highest BCUT2D eigenvalue weighted by atomic mass is 15.2. The van der Waals surface area contributed by atoms with Gasteiger partial charge in [0.15, 0.2) is 0 Å². The molecule has 0 bridgehead atoms. The monoisotopic (exact) mass is 618 g/mol. The van der Waals surface area contributed by atoms with E-state index in [1.54, 1.807) is 0 Å². The number of rotatable bonds is 8. The molecule has 0 aliphatic carbocycles. The summed E-state index contributed by atoms with van der Waals surface area (Å²) < 4.78 is 0. The number of nitrogens with two attached hydrogens (primary N) is 1. The van der Waals surface area contributed by atoms with Crippen LogP contribution in [0.25, 0.3) is 60.6 Å². The third kappa shape index (κ3) is 5.70. The Bertz CT molecular complexity index is 2310. The molecule has 0 saturated heterocycles. The van der Waals surface area contributed by atoms with E-state index >= 15 is 0 Å². The van der Waals surface area contributed by atoms with E-state index in [0.717, 1.165) is 22.6 Å². The summed E-state index contributed by atoms with van der Waals surface area (Å²) in [7, 11) is 0. The van der Waals surface area contributed by atoms with Crippen LogP contribution in [0.1, 0.15) is 19.4 Å². The van der Waals surface area contributed by atoms with E-state index in [4.69, 9.17) is 5.73 Å². The van der Waals surface area contributed by atoms with E-state index < -0.39 is 0 Å². The Balaban J connectivity index is 1.48. The normalized spacial score (nSPS) is 11.8. The van der Waals surface area contributed by atoms with Crippen LogP contribution in [0, 0.1) is 0 Å². The summed E-state index contributed by atoms with van der Waals surface area (Å²) in [5.74, 6) is 0. The molecule has 0 aliphatic rings. The molecular weight excluding hydrogens is 581 g/mol. The Morgan fingerprint density at radius 2 is 1.06 bits per heavy atom. The molecule has 0 aromatic heterocycles. The van der Waals surface area contributed by atoms with Crippen molar-refractivity contribution < 1.29 is 0 Å². The van der Waals surface area contributed by atoms with Crippen LogP contribution in [-0.2, 0) is 0 Å². The second-order valence-corrected chi connectivity index (χ2v) is 12.0. The molecule has 0 fully saturated rings. The zero-order valence-corrected chi connectivity index (χ0v) is 27.4. The third-order valence-corrected chi connectivity index (χ3v) is 9.03. The van der Waals surface area contributed by atoms with Crippen LogP contribution in [0.3, 0.4) is 0 Å². The van der Waals surface area contributed by atoms with Gasteiger partial charge in [0.2, 0.25) is 0 Å². The third-order valence-electron chi connectivity index (χ3n) is 9.03. The Hall–Kier alpha value is -6.12. The molecule has 7 rings (SSSR count). The molecule has 0 heterocycles.